The Hall–Kier alpha value is -2.06. The van der Waals surface area contributed by atoms with Crippen LogP contribution in [0.1, 0.15) is 19.0 Å². The second-order valence-electron chi connectivity index (χ2n) is 5.18. The van der Waals surface area contributed by atoms with Crippen LogP contribution in [-0.2, 0) is 11.2 Å². The predicted octanol–water partition coefficient (Wildman–Crippen LogP) is 3.10. The lowest BCUT2D eigenvalue weighted by Gasteiger charge is -2.12. The first-order valence-electron chi connectivity index (χ1n) is 7.65. The number of nitrogens with zero attached hydrogens (tertiary/aromatic N) is 2. The van der Waals surface area contributed by atoms with Crippen molar-refractivity contribution in [1.82, 2.24) is 15.3 Å². The van der Waals surface area contributed by atoms with Crippen molar-refractivity contribution in [2.24, 2.45) is 0 Å². The number of nitrogens with two attached hydrogens (primary N) is 1. The molecule has 3 rings (SSSR count). The topological polar surface area (TPSA) is 94.0 Å². The minimum absolute atomic E-state index is 0.0204. The molecule has 0 fully saturated rings. The molecule has 0 saturated heterocycles. The molecular formula is C16H18N4O2S2. The van der Waals surface area contributed by atoms with Crippen LogP contribution in [0.15, 0.2) is 39.3 Å². The Bertz CT molecular complexity index is 797. The number of rotatable bonds is 7. The van der Waals surface area contributed by atoms with Crippen LogP contribution in [-0.4, -0.2) is 27.7 Å². The number of benzene rings is 1. The van der Waals surface area contributed by atoms with E-state index in [4.69, 9.17) is 10.2 Å². The molecule has 0 aliphatic carbocycles. The van der Waals surface area contributed by atoms with Crippen LogP contribution in [0.2, 0.25) is 0 Å². The van der Waals surface area contributed by atoms with Gasteiger partial charge in [0.05, 0.1) is 10.9 Å². The summed E-state index contributed by atoms with van der Waals surface area (Å²) >= 11 is 2.76. The Morgan fingerprint density at radius 1 is 1.42 bits per heavy atom. The summed E-state index contributed by atoms with van der Waals surface area (Å²) in [7, 11) is 0. The monoisotopic (exact) mass is 362 g/mol. The van der Waals surface area contributed by atoms with Crippen LogP contribution < -0.4 is 11.1 Å². The van der Waals surface area contributed by atoms with Crippen LogP contribution in [0, 0.1) is 0 Å². The molecule has 1 atom stereocenters. The fraction of sp³-hybridized carbons (Fsp3) is 0.312. The molecule has 126 valence electrons. The van der Waals surface area contributed by atoms with E-state index in [9.17, 15) is 4.79 Å². The van der Waals surface area contributed by atoms with Crippen LogP contribution in [0.25, 0.3) is 11.1 Å². The maximum atomic E-state index is 12.3. The molecule has 0 aliphatic rings. The summed E-state index contributed by atoms with van der Waals surface area (Å²) in [6.07, 6.45) is 1.36. The van der Waals surface area contributed by atoms with Crippen molar-refractivity contribution in [3.8, 4) is 0 Å². The number of hydrogen-bond donors (Lipinski definition) is 2. The smallest absolute Gasteiger partial charge is 0.257 e. The quantitative estimate of drug-likeness (QED) is 0.627. The number of carbonyl (C=O) groups excluding carboxylic acids is 1. The standard InChI is InChI=1S/C16H18N4O2S2/c1-2-13(14(21)18-8-7-10-9-23-15(17)19-10)24-16-20-11-5-3-4-6-12(11)22-16/h3-6,9,13H,2,7-8H2,1H3,(H2,17,19)(H,18,21)/t13-/m1/s1. The molecule has 1 amide bonds. The number of anilines is 1. The van der Waals surface area contributed by atoms with Crippen molar-refractivity contribution in [3.63, 3.8) is 0 Å². The first-order valence-corrected chi connectivity index (χ1v) is 9.41. The summed E-state index contributed by atoms with van der Waals surface area (Å²) in [6, 6.07) is 7.57. The summed E-state index contributed by atoms with van der Waals surface area (Å²) < 4.78 is 5.68. The number of fused-ring (bicyclic) bond motifs is 1. The number of para-hydroxylation sites is 2. The average molecular weight is 362 g/mol. The number of nitrogens with one attached hydrogen (secondary N) is 1. The van der Waals surface area contributed by atoms with Gasteiger partial charge >= 0.3 is 0 Å². The zero-order valence-electron chi connectivity index (χ0n) is 13.2. The van der Waals surface area contributed by atoms with Gasteiger partial charge in [-0.1, -0.05) is 30.8 Å². The predicted molar refractivity (Wildman–Crippen MR) is 97.2 cm³/mol. The highest BCUT2D eigenvalue weighted by atomic mass is 32.2. The highest BCUT2D eigenvalue weighted by Crippen LogP contribution is 2.28. The Morgan fingerprint density at radius 3 is 2.96 bits per heavy atom. The van der Waals surface area contributed by atoms with Crippen molar-refractivity contribution in [1.29, 1.82) is 0 Å². The molecule has 0 spiro atoms. The van der Waals surface area contributed by atoms with E-state index in [1.54, 1.807) is 0 Å². The molecule has 8 heteroatoms. The molecule has 3 N–H and O–H groups in total. The molecule has 2 heterocycles. The van der Waals surface area contributed by atoms with E-state index >= 15 is 0 Å². The molecule has 1 aromatic carbocycles. The lowest BCUT2D eigenvalue weighted by atomic mass is 10.3. The van der Waals surface area contributed by atoms with Gasteiger partial charge in [-0.05, 0) is 18.6 Å². The number of amides is 1. The first kappa shape index (κ1) is 16.8. The number of carbonyl (C=O) groups is 1. The SMILES string of the molecule is CC[C@@H](Sc1nc2ccccc2o1)C(=O)NCCc1csc(N)n1. The Morgan fingerprint density at radius 2 is 2.25 bits per heavy atom. The molecule has 0 saturated carbocycles. The van der Waals surface area contributed by atoms with Gasteiger partial charge in [0, 0.05) is 18.3 Å². The van der Waals surface area contributed by atoms with Crippen molar-refractivity contribution in [3.05, 3.63) is 35.3 Å². The highest BCUT2D eigenvalue weighted by molar-refractivity contribution is 8.00. The van der Waals surface area contributed by atoms with Gasteiger partial charge in [0.15, 0.2) is 10.7 Å². The van der Waals surface area contributed by atoms with Crippen LogP contribution in [0.3, 0.4) is 0 Å². The fourth-order valence-corrected chi connectivity index (χ4v) is 3.70. The van der Waals surface area contributed by atoms with Crippen molar-refractivity contribution < 1.29 is 9.21 Å². The minimum Gasteiger partial charge on any atom is -0.431 e. The van der Waals surface area contributed by atoms with Crippen LogP contribution >= 0.6 is 23.1 Å². The zero-order chi connectivity index (χ0) is 16.9. The van der Waals surface area contributed by atoms with Gasteiger partial charge in [-0.2, -0.15) is 0 Å². The maximum absolute atomic E-state index is 12.3. The third-order valence-corrected chi connectivity index (χ3v) is 5.36. The van der Waals surface area contributed by atoms with E-state index in [-0.39, 0.29) is 11.2 Å². The first-order chi connectivity index (χ1) is 11.7. The number of oxazole rings is 1. The van der Waals surface area contributed by atoms with Crippen LogP contribution in [0.5, 0.6) is 0 Å². The highest BCUT2D eigenvalue weighted by Gasteiger charge is 2.20. The zero-order valence-corrected chi connectivity index (χ0v) is 14.8. The van der Waals surface area contributed by atoms with Gasteiger partial charge in [0.1, 0.15) is 5.52 Å². The van der Waals surface area contributed by atoms with E-state index in [0.717, 1.165) is 16.8 Å². The van der Waals surface area contributed by atoms with Crippen LogP contribution in [0.4, 0.5) is 5.13 Å². The average Bonchev–Trinajstić information content (AvgIpc) is 3.17. The van der Waals surface area contributed by atoms with Gasteiger partial charge in [0.25, 0.3) is 5.22 Å². The summed E-state index contributed by atoms with van der Waals surface area (Å²) in [5, 5.41) is 5.68. The second kappa shape index (κ2) is 7.67. The van der Waals surface area contributed by atoms with Crippen molar-refractivity contribution >= 4 is 45.2 Å². The Kier molecular flexibility index (Phi) is 5.37. The summed E-state index contributed by atoms with van der Waals surface area (Å²) in [5.41, 5.74) is 8.03. The van der Waals surface area contributed by atoms with Crippen molar-refractivity contribution in [2.45, 2.75) is 30.2 Å². The molecule has 6 nitrogen and oxygen atoms in total. The van der Waals surface area contributed by atoms with E-state index < -0.39 is 0 Å². The number of hydrogen-bond acceptors (Lipinski definition) is 7. The molecule has 0 bridgehead atoms. The third kappa shape index (κ3) is 4.07. The van der Waals surface area contributed by atoms with Gasteiger partial charge < -0.3 is 15.5 Å². The lowest BCUT2D eigenvalue weighted by molar-refractivity contribution is -0.120. The molecule has 0 radical (unpaired) electrons. The van der Waals surface area contributed by atoms with Gasteiger partial charge in [-0.15, -0.1) is 11.3 Å². The Labute approximate surface area is 147 Å². The third-order valence-electron chi connectivity index (χ3n) is 3.43. The summed E-state index contributed by atoms with van der Waals surface area (Å²) in [5.74, 6) is -0.0204. The minimum atomic E-state index is -0.237. The number of thiazole rings is 1. The molecular weight excluding hydrogens is 344 g/mol. The number of thioether (sulfide) groups is 1. The summed E-state index contributed by atoms with van der Waals surface area (Å²) in [6.45, 7) is 2.51. The summed E-state index contributed by atoms with van der Waals surface area (Å²) in [4.78, 5) is 20.9. The maximum Gasteiger partial charge on any atom is 0.257 e. The molecule has 24 heavy (non-hydrogen) atoms. The van der Waals surface area contributed by atoms with Gasteiger partial charge in [-0.25, -0.2) is 9.97 Å². The van der Waals surface area contributed by atoms with Gasteiger partial charge in [-0.3, -0.25) is 4.79 Å². The second-order valence-corrected chi connectivity index (χ2v) is 7.22. The molecule has 0 unspecified atom stereocenters. The number of aromatic nitrogens is 2. The normalized spacial score (nSPS) is 12.4. The van der Waals surface area contributed by atoms with Crippen molar-refractivity contribution in [2.75, 3.05) is 12.3 Å². The van der Waals surface area contributed by atoms with E-state index in [0.29, 0.717) is 29.7 Å². The largest absolute Gasteiger partial charge is 0.431 e. The number of nitrogen functional groups attached to an aromatic ring is 1. The molecule has 2 aromatic heterocycles. The molecule has 3 aromatic rings. The van der Waals surface area contributed by atoms with E-state index in [1.807, 2.05) is 36.6 Å². The fourth-order valence-electron chi connectivity index (χ4n) is 2.21. The lowest BCUT2D eigenvalue weighted by Crippen LogP contribution is -2.33. The van der Waals surface area contributed by atoms with E-state index in [1.165, 1.54) is 23.1 Å². The van der Waals surface area contributed by atoms with E-state index in [2.05, 4.69) is 15.3 Å². The van der Waals surface area contributed by atoms with Gasteiger partial charge in [0.2, 0.25) is 5.91 Å². The molecule has 0 aliphatic heterocycles. The Balaban J connectivity index is 1.55.